The van der Waals surface area contributed by atoms with E-state index in [9.17, 15) is 0 Å². The van der Waals surface area contributed by atoms with Gasteiger partial charge >= 0.3 is 0 Å². The van der Waals surface area contributed by atoms with Gasteiger partial charge in [-0.05, 0) is 46.3 Å². The molecular weight excluding hydrogens is 184 g/mol. The van der Waals surface area contributed by atoms with E-state index in [2.05, 4.69) is 58.9 Å². The molecule has 0 spiro atoms. The molecule has 2 atom stereocenters. The summed E-state index contributed by atoms with van der Waals surface area (Å²) in [5, 5.41) is 3.65. The fourth-order valence-corrected chi connectivity index (χ4v) is 2.15. The van der Waals surface area contributed by atoms with E-state index < -0.39 is 0 Å². The van der Waals surface area contributed by atoms with Gasteiger partial charge in [-0.2, -0.15) is 0 Å². The third-order valence-electron chi connectivity index (χ3n) is 3.65. The van der Waals surface area contributed by atoms with E-state index >= 15 is 0 Å². The first-order valence-electron chi connectivity index (χ1n) is 6.29. The van der Waals surface area contributed by atoms with Gasteiger partial charge in [0.15, 0.2) is 0 Å². The van der Waals surface area contributed by atoms with Crippen molar-refractivity contribution in [1.29, 1.82) is 0 Å². The Bertz CT molecular complexity index is 166. The predicted octanol–water partition coefficient (Wildman–Crippen LogP) is 2.74. The van der Waals surface area contributed by atoms with Crippen LogP contribution in [0.15, 0.2) is 0 Å². The van der Waals surface area contributed by atoms with Crippen molar-refractivity contribution in [1.82, 2.24) is 10.2 Å². The van der Waals surface area contributed by atoms with Crippen LogP contribution >= 0.6 is 0 Å². The maximum absolute atomic E-state index is 3.65. The van der Waals surface area contributed by atoms with Crippen LogP contribution in [0.5, 0.6) is 0 Å². The third-order valence-corrected chi connectivity index (χ3v) is 3.65. The van der Waals surface area contributed by atoms with Gasteiger partial charge < -0.3 is 10.2 Å². The molecule has 0 radical (unpaired) electrons. The quantitative estimate of drug-likeness (QED) is 0.701. The summed E-state index contributed by atoms with van der Waals surface area (Å²) in [5.41, 5.74) is 0.264. The van der Waals surface area contributed by atoms with Crippen LogP contribution in [0.3, 0.4) is 0 Å². The van der Waals surface area contributed by atoms with E-state index in [0.717, 1.165) is 12.5 Å². The lowest BCUT2D eigenvalue weighted by Gasteiger charge is -2.44. The summed E-state index contributed by atoms with van der Waals surface area (Å²) in [6.07, 6.45) is 2.43. The largest absolute Gasteiger partial charge is 0.312 e. The molecule has 0 rings (SSSR count). The van der Waals surface area contributed by atoms with E-state index in [4.69, 9.17) is 0 Å². The summed E-state index contributed by atoms with van der Waals surface area (Å²) in [6, 6.07) is 0.586. The van der Waals surface area contributed by atoms with Gasteiger partial charge in [0.2, 0.25) is 0 Å². The molecular formula is C13H30N2. The molecule has 0 aliphatic rings. The number of nitrogens with zero attached hydrogens (tertiary/aromatic N) is 1. The smallest absolute Gasteiger partial charge is 0.0325 e. The van der Waals surface area contributed by atoms with Crippen LogP contribution < -0.4 is 5.32 Å². The van der Waals surface area contributed by atoms with Gasteiger partial charge in [0.05, 0.1) is 0 Å². The molecule has 2 heteroatoms. The molecule has 0 saturated heterocycles. The fourth-order valence-electron chi connectivity index (χ4n) is 2.15. The van der Waals surface area contributed by atoms with Crippen molar-refractivity contribution in [2.45, 2.75) is 59.0 Å². The summed E-state index contributed by atoms with van der Waals surface area (Å²) in [6.45, 7) is 12.5. The molecule has 0 aromatic heterocycles. The molecule has 0 amide bonds. The highest BCUT2D eigenvalue weighted by Crippen LogP contribution is 2.25. The number of hydrogen-bond acceptors (Lipinski definition) is 2. The third kappa shape index (κ3) is 4.12. The lowest BCUT2D eigenvalue weighted by molar-refractivity contribution is 0.102. The van der Waals surface area contributed by atoms with Gasteiger partial charge in [-0.1, -0.05) is 27.7 Å². The van der Waals surface area contributed by atoms with Gasteiger partial charge in [-0.15, -0.1) is 0 Å². The normalized spacial score (nSPS) is 18.2. The highest BCUT2D eigenvalue weighted by Gasteiger charge is 2.34. The molecule has 2 nitrogen and oxygen atoms in total. The molecule has 1 N–H and O–H groups in total. The average molecular weight is 214 g/mol. The summed E-state index contributed by atoms with van der Waals surface area (Å²) in [4.78, 5) is 2.36. The van der Waals surface area contributed by atoms with Gasteiger partial charge in [0.25, 0.3) is 0 Å². The maximum atomic E-state index is 3.65. The average Bonchev–Trinajstić information content (AvgIpc) is 2.15. The number of hydrogen-bond donors (Lipinski definition) is 1. The van der Waals surface area contributed by atoms with E-state index in [1.54, 1.807) is 0 Å². The zero-order valence-corrected chi connectivity index (χ0v) is 11.7. The Morgan fingerprint density at radius 1 is 1.20 bits per heavy atom. The van der Waals surface area contributed by atoms with Crippen LogP contribution in [-0.2, 0) is 0 Å². The second kappa shape index (κ2) is 6.49. The Morgan fingerprint density at radius 3 is 2.00 bits per heavy atom. The minimum Gasteiger partial charge on any atom is -0.312 e. The van der Waals surface area contributed by atoms with Crippen molar-refractivity contribution >= 4 is 0 Å². The molecule has 2 unspecified atom stereocenters. The lowest BCUT2D eigenvalue weighted by Crippen LogP contribution is -2.57. The van der Waals surface area contributed by atoms with Crippen LogP contribution in [0.2, 0.25) is 0 Å². The molecule has 92 valence electrons. The van der Waals surface area contributed by atoms with Crippen LogP contribution in [0.1, 0.15) is 47.5 Å². The van der Waals surface area contributed by atoms with Crippen molar-refractivity contribution in [3.8, 4) is 0 Å². The van der Waals surface area contributed by atoms with Crippen LogP contribution in [-0.4, -0.2) is 37.1 Å². The molecule has 0 bridgehead atoms. The Morgan fingerprint density at radius 2 is 1.73 bits per heavy atom. The first-order valence-corrected chi connectivity index (χ1v) is 6.29. The summed E-state index contributed by atoms with van der Waals surface area (Å²) in [5.74, 6) is 0.750. The number of nitrogens with one attached hydrogen (secondary N) is 1. The summed E-state index contributed by atoms with van der Waals surface area (Å²) < 4.78 is 0. The van der Waals surface area contributed by atoms with E-state index in [0.29, 0.717) is 6.04 Å². The summed E-state index contributed by atoms with van der Waals surface area (Å²) >= 11 is 0. The molecule has 0 saturated carbocycles. The zero-order chi connectivity index (χ0) is 12.1. The Hall–Kier alpha value is -0.0800. The molecule has 0 aliphatic heterocycles. The van der Waals surface area contributed by atoms with Crippen molar-refractivity contribution in [3.63, 3.8) is 0 Å². The molecule has 15 heavy (non-hydrogen) atoms. The van der Waals surface area contributed by atoms with Gasteiger partial charge in [-0.25, -0.2) is 0 Å². The van der Waals surface area contributed by atoms with Crippen molar-refractivity contribution in [3.05, 3.63) is 0 Å². The van der Waals surface area contributed by atoms with Crippen molar-refractivity contribution < 1.29 is 0 Å². The fraction of sp³-hybridized carbons (Fsp3) is 1.00. The van der Waals surface area contributed by atoms with Crippen LogP contribution in [0, 0.1) is 5.92 Å². The van der Waals surface area contributed by atoms with Gasteiger partial charge in [0, 0.05) is 11.6 Å². The minimum atomic E-state index is 0.264. The zero-order valence-electron chi connectivity index (χ0n) is 11.7. The topological polar surface area (TPSA) is 15.3 Å². The molecule has 0 aromatic carbocycles. The minimum absolute atomic E-state index is 0.264. The highest BCUT2D eigenvalue weighted by atomic mass is 15.2. The standard InChI is InChI=1S/C13H30N2/c1-8-13(5,15(6)7)12(14-9-2)10-11(3)4/h11-12,14H,8-10H2,1-7H3. The number of likely N-dealkylation sites (N-methyl/N-ethyl adjacent to an activating group) is 2. The predicted molar refractivity (Wildman–Crippen MR) is 69.3 cm³/mol. The summed E-state index contributed by atoms with van der Waals surface area (Å²) in [7, 11) is 4.38. The first-order chi connectivity index (χ1) is 6.88. The molecule has 0 heterocycles. The monoisotopic (exact) mass is 214 g/mol. The van der Waals surface area contributed by atoms with Gasteiger partial charge in [0.1, 0.15) is 0 Å². The molecule has 0 aliphatic carbocycles. The second-order valence-electron chi connectivity index (χ2n) is 5.34. The molecule has 0 aromatic rings. The van der Waals surface area contributed by atoms with Crippen molar-refractivity contribution in [2.24, 2.45) is 5.92 Å². The van der Waals surface area contributed by atoms with E-state index in [-0.39, 0.29) is 5.54 Å². The Kier molecular flexibility index (Phi) is 6.46. The van der Waals surface area contributed by atoms with Crippen molar-refractivity contribution in [2.75, 3.05) is 20.6 Å². The highest BCUT2D eigenvalue weighted by molar-refractivity contribution is 4.94. The Balaban J connectivity index is 4.68. The van der Waals surface area contributed by atoms with Crippen LogP contribution in [0.4, 0.5) is 0 Å². The first kappa shape index (κ1) is 14.9. The van der Waals surface area contributed by atoms with Gasteiger partial charge in [-0.3, -0.25) is 0 Å². The van der Waals surface area contributed by atoms with E-state index in [1.165, 1.54) is 12.8 Å². The van der Waals surface area contributed by atoms with E-state index in [1.807, 2.05) is 0 Å². The second-order valence-corrected chi connectivity index (χ2v) is 5.34. The maximum Gasteiger partial charge on any atom is 0.0325 e. The van der Waals surface area contributed by atoms with Crippen LogP contribution in [0.25, 0.3) is 0 Å². The number of rotatable bonds is 7. The molecule has 0 fully saturated rings. The SMILES string of the molecule is CCNC(CC(C)C)C(C)(CC)N(C)C. The lowest BCUT2D eigenvalue weighted by atomic mass is 9.83. The Labute approximate surface area is 96.4 Å².